The van der Waals surface area contributed by atoms with Gasteiger partial charge in [0, 0.05) is 24.0 Å². The van der Waals surface area contributed by atoms with Crippen molar-refractivity contribution in [1.82, 2.24) is 14.9 Å². The van der Waals surface area contributed by atoms with E-state index in [0.717, 1.165) is 40.6 Å². The van der Waals surface area contributed by atoms with Gasteiger partial charge in [0.1, 0.15) is 12.4 Å². The second-order valence-electron chi connectivity index (χ2n) is 7.18. The predicted octanol–water partition coefficient (Wildman–Crippen LogP) is 4.06. The van der Waals surface area contributed by atoms with E-state index in [2.05, 4.69) is 10.3 Å². The van der Waals surface area contributed by atoms with Gasteiger partial charge in [-0.05, 0) is 55.2 Å². The van der Waals surface area contributed by atoms with Crippen molar-refractivity contribution >= 4 is 22.9 Å². The SMILES string of the molecule is Cc1cc(F)ccc1-c1cnc2ccn(CC(=O)NC3CC3)c2c1.O=C(O)C(F)(F)F. The zero-order valence-electron chi connectivity index (χ0n) is 16.4. The number of amides is 1. The summed E-state index contributed by atoms with van der Waals surface area (Å²) in [7, 11) is 0. The van der Waals surface area contributed by atoms with Crippen molar-refractivity contribution < 1.29 is 32.3 Å². The number of carboxylic acid groups (broad SMARTS) is 1. The molecular formula is C21H19F4N3O3. The maximum atomic E-state index is 13.3. The summed E-state index contributed by atoms with van der Waals surface area (Å²) in [6.45, 7) is 2.16. The second kappa shape index (κ2) is 8.75. The fourth-order valence-corrected chi connectivity index (χ4v) is 2.95. The Morgan fingerprint density at radius 1 is 1.23 bits per heavy atom. The van der Waals surface area contributed by atoms with Gasteiger partial charge in [0.25, 0.3) is 0 Å². The van der Waals surface area contributed by atoms with E-state index in [1.165, 1.54) is 12.1 Å². The molecule has 0 unspecified atom stereocenters. The highest BCUT2D eigenvalue weighted by molar-refractivity contribution is 5.84. The van der Waals surface area contributed by atoms with E-state index < -0.39 is 12.1 Å². The van der Waals surface area contributed by atoms with E-state index in [1.54, 1.807) is 12.3 Å². The molecule has 2 aromatic heterocycles. The first-order valence-corrected chi connectivity index (χ1v) is 9.35. The molecule has 0 aliphatic heterocycles. The maximum absolute atomic E-state index is 13.3. The van der Waals surface area contributed by atoms with Crippen molar-refractivity contribution in [1.29, 1.82) is 0 Å². The van der Waals surface area contributed by atoms with Crippen LogP contribution >= 0.6 is 0 Å². The number of aliphatic carboxylic acids is 1. The van der Waals surface area contributed by atoms with Crippen LogP contribution in [-0.4, -0.2) is 38.8 Å². The third kappa shape index (κ3) is 5.80. The van der Waals surface area contributed by atoms with Gasteiger partial charge >= 0.3 is 12.1 Å². The Balaban J connectivity index is 0.000000339. The largest absolute Gasteiger partial charge is 0.490 e. The van der Waals surface area contributed by atoms with Crippen molar-refractivity contribution in [3.8, 4) is 11.1 Å². The average molecular weight is 437 g/mol. The highest BCUT2D eigenvalue weighted by Crippen LogP contribution is 2.27. The number of halogens is 4. The molecule has 0 bridgehead atoms. The number of hydrogen-bond donors (Lipinski definition) is 2. The number of nitrogens with one attached hydrogen (secondary N) is 1. The lowest BCUT2D eigenvalue weighted by Crippen LogP contribution is -2.29. The fourth-order valence-electron chi connectivity index (χ4n) is 2.95. The van der Waals surface area contributed by atoms with Crippen LogP contribution in [0.5, 0.6) is 0 Å². The maximum Gasteiger partial charge on any atom is 0.490 e. The van der Waals surface area contributed by atoms with Crippen LogP contribution in [-0.2, 0) is 16.1 Å². The minimum Gasteiger partial charge on any atom is -0.475 e. The Hall–Kier alpha value is -3.43. The molecule has 164 valence electrons. The number of aromatic nitrogens is 2. The minimum absolute atomic E-state index is 0.0263. The third-order valence-corrected chi connectivity index (χ3v) is 4.62. The predicted molar refractivity (Wildman–Crippen MR) is 105 cm³/mol. The number of aryl methyl sites for hydroxylation is 1. The number of rotatable bonds is 4. The van der Waals surface area contributed by atoms with Crippen LogP contribution in [0.2, 0.25) is 0 Å². The molecule has 10 heteroatoms. The van der Waals surface area contributed by atoms with Crippen LogP contribution < -0.4 is 5.32 Å². The Morgan fingerprint density at radius 2 is 1.90 bits per heavy atom. The minimum atomic E-state index is -5.08. The van der Waals surface area contributed by atoms with Crippen molar-refractivity contribution in [2.75, 3.05) is 0 Å². The van der Waals surface area contributed by atoms with E-state index in [-0.39, 0.29) is 18.3 Å². The van der Waals surface area contributed by atoms with Gasteiger partial charge < -0.3 is 15.0 Å². The number of hydrogen-bond acceptors (Lipinski definition) is 3. The molecule has 3 aromatic rings. The highest BCUT2D eigenvalue weighted by Gasteiger charge is 2.38. The number of alkyl halides is 3. The first kappa shape index (κ1) is 22.3. The smallest absolute Gasteiger partial charge is 0.475 e. The fraction of sp³-hybridized carbons (Fsp3) is 0.286. The van der Waals surface area contributed by atoms with Gasteiger partial charge in [0.2, 0.25) is 5.91 Å². The normalized spacial score (nSPS) is 13.5. The van der Waals surface area contributed by atoms with Crippen LogP contribution in [0.25, 0.3) is 22.2 Å². The van der Waals surface area contributed by atoms with Gasteiger partial charge in [-0.1, -0.05) is 6.07 Å². The highest BCUT2D eigenvalue weighted by atomic mass is 19.4. The lowest BCUT2D eigenvalue weighted by molar-refractivity contribution is -0.192. The summed E-state index contributed by atoms with van der Waals surface area (Å²) in [4.78, 5) is 25.4. The second-order valence-corrected chi connectivity index (χ2v) is 7.18. The van der Waals surface area contributed by atoms with Crippen LogP contribution in [0, 0.1) is 12.7 Å². The lowest BCUT2D eigenvalue weighted by Gasteiger charge is -2.09. The van der Waals surface area contributed by atoms with Crippen LogP contribution in [0.1, 0.15) is 18.4 Å². The van der Waals surface area contributed by atoms with Crippen LogP contribution in [0.3, 0.4) is 0 Å². The van der Waals surface area contributed by atoms with E-state index in [9.17, 15) is 22.4 Å². The van der Waals surface area contributed by atoms with E-state index in [1.807, 2.05) is 29.8 Å². The first-order valence-electron chi connectivity index (χ1n) is 9.35. The molecule has 1 amide bonds. The van der Waals surface area contributed by atoms with Crippen molar-refractivity contribution in [2.24, 2.45) is 0 Å². The van der Waals surface area contributed by atoms with Gasteiger partial charge in [0.15, 0.2) is 0 Å². The van der Waals surface area contributed by atoms with E-state index in [0.29, 0.717) is 6.04 Å². The summed E-state index contributed by atoms with van der Waals surface area (Å²) in [5.41, 5.74) is 4.48. The summed E-state index contributed by atoms with van der Waals surface area (Å²) >= 11 is 0. The summed E-state index contributed by atoms with van der Waals surface area (Å²) in [6, 6.07) is 9.00. The Kier molecular flexibility index (Phi) is 6.28. The molecule has 31 heavy (non-hydrogen) atoms. The Morgan fingerprint density at radius 3 is 2.48 bits per heavy atom. The molecule has 0 radical (unpaired) electrons. The van der Waals surface area contributed by atoms with Gasteiger partial charge in [-0.25, -0.2) is 9.18 Å². The van der Waals surface area contributed by atoms with E-state index in [4.69, 9.17) is 9.90 Å². The molecule has 4 rings (SSSR count). The summed E-state index contributed by atoms with van der Waals surface area (Å²) < 4.78 is 47.0. The molecule has 2 heterocycles. The molecule has 1 fully saturated rings. The number of carbonyl (C=O) groups is 2. The molecule has 1 saturated carbocycles. The molecule has 1 aliphatic rings. The number of fused-ring (bicyclic) bond motifs is 1. The third-order valence-electron chi connectivity index (χ3n) is 4.62. The molecule has 0 saturated heterocycles. The molecule has 1 aromatic carbocycles. The Labute approximate surface area is 174 Å². The van der Waals surface area contributed by atoms with Crippen molar-refractivity contribution in [3.63, 3.8) is 0 Å². The lowest BCUT2D eigenvalue weighted by atomic mass is 10.0. The van der Waals surface area contributed by atoms with Crippen molar-refractivity contribution in [3.05, 3.63) is 54.1 Å². The van der Waals surface area contributed by atoms with Crippen molar-refractivity contribution in [2.45, 2.75) is 38.5 Å². The molecule has 6 nitrogen and oxygen atoms in total. The van der Waals surface area contributed by atoms with E-state index >= 15 is 0 Å². The molecular weight excluding hydrogens is 418 g/mol. The van der Waals surface area contributed by atoms with Crippen LogP contribution in [0.15, 0.2) is 42.7 Å². The quantitative estimate of drug-likeness (QED) is 0.603. The number of benzene rings is 1. The number of pyridine rings is 1. The zero-order chi connectivity index (χ0) is 22.8. The zero-order valence-corrected chi connectivity index (χ0v) is 16.4. The monoisotopic (exact) mass is 437 g/mol. The number of carbonyl (C=O) groups excluding carboxylic acids is 1. The summed E-state index contributed by atoms with van der Waals surface area (Å²) in [5.74, 6) is -2.98. The number of nitrogens with zero attached hydrogens (tertiary/aromatic N) is 2. The topological polar surface area (TPSA) is 84.2 Å². The van der Waals surface area contributed by atoms with Gasteiger partial charge in [-0.15, -0.1) is 0 Å². The first-order chi connectivity index (χ1) is 14.5. The standard InChI is InChI=1S/C19H18FN3O.C2HF3O2/c1-12-8-14(20)2-5-16(12)13-9-18-17(21-10-13)6-7-23(18)11-19(24)22-15-3-4-15;3-2(4,5)1(6)7/h2,5-10,15H,3-4,11H2,1H3,(H,22,24);(H,6,7). The van der Waals surface area contributed by atoms with Gasteiger partial charge in [-0.2, -0.15) is 13.2 Å². The summed E-state index contributed by atoms with van der Waals surface area (Å²) in [5, 5.41) is 10.1. The summed E-state index contributed by atoms with van der Waals surface area (Å²) in [6.07, 6.45) is 0.740. The van der Waals surface area contributed by atoms with Gasteiger partial charge in [-0.3, -0.25) is 9.78 Å². The van der Waals surface area contributed by atoms with Gasteiger partial charge in [0.05, 0.1) is 11.0 Å². The molecule has 0 spiro atoms. The number of carboxylic acids is 1. The molecule has 1 aliphatic carbocycles. The van der Waals surface area contributed by atoms with Crippen LogP contribution in [0.4, 0.5) is 17.6 Å². The molecule has 2 N–H and O–H groups in total. The average Bonchev–Trinajstić information content (AvgIpc) is 3.40. The Bertz CT molecular complexity index is 1120. The molecule has 0 atom stereocenters.